The molecule has 0 amide bonds. The van der Waals surface area contributed by atoms with Crippen molar-refractivity contribution in [2.24, 2.45) is 5.92 Å². The Balaban J connectivity index is 3.48. The average molecular weight is 353 g/mol. The summed E-state index contributed by atoms with van der Waals surface area (Å²) in [5, 5.41) is 0. The van der Waals surface area contributed by atoms with Crippen molar-refractivity contribution in [2.75, 3.05) is 6.61 Å². The van der Waals surface area contributed by atoms with Gasteiger partial charge in [-0.25, -0.2) is 0 Å². The van der Waals surface area contributed by atoms with Crippen LogP contribution in [0.1, 0.15) is 117 Å². The lowest BCUT2D eigenvalue weighted by atomic mass is 9.98. The topological polar surface area (TPSA) is 26.3 Å². The molecule has 0 bridgehead atoms. The smallest absolute Gasteiger partial charge is 0.308 e. The van der Waals surface area contributed by atoms with Gasteiger partial charge >= 0.3 is 5.97 Å². The number of hydrogen-bond donors (Lipinski definition) is 0. The molecule has 0 aliphatic carbocycles. The number of esters is 1. The number of rotatable bonds is 18. The molecule has 0 N–H and O–H groups in total. The fourth-order valence-corrected chi connectivity index (χ4v) is 3.27. The van der Waals surface area contributed by atoms with Crippen LogP contribution in [0, 0.1) is 5.92 Å². The molecule has 2 nitrogen and oxygen atoms in total. The van der Waals surface area contributed by atoms with Gasteiger partial charge in [0.2, 0.25) is 0 Å². The molecule has 0 aromatic carbocycles. The Morgan fingerprint density at radius 2 is 1.28 bits per heavy atom. The minimum atomic E-state index is -0.00700. The van der Waals surface area contributed by atoms with E-state index in [0.717, 1.165) is 25.7 Å². The zero-order valence-corrected chi connectivity index (χ0v) is 17.4. The van der Waals surface area contributed by atoms with E-state index in [4.69, 9.17) is 4.74 Å². The molecule has 0 saturated carbocycles. The highest BCUT2D eigenvalue weighted by atomic mass is 16.5. The summed E-state index contributed by atoms with van der Waals surface area (Å²) in [6.07, 6.45) is 23.6. The van der Waals surface area contributed by atoms with Gasteiger partial charge in [0.25, 0.3) is 0 Å². The van der Waals surface area contributed by atoms with Gasteiger partial charge in [-0.15, -0.1) is 0 Å². The zero-order chi connectivity index (χ0) is 18.6. The van der Waals surface area contributed by atoms with Crippen LogP contribution in [0.4, 0.5) is 0 Å². The van der Waals surface area contributed by atoms with E-state index in [1.54, 1.807) is 0 Å². The van der Waals surface area contributed by atoms with E-state index in [2.05, 4.69) is 26.0 Å². The van der Waals surface area contributed by atoms with Crippen LogP contribution in [0.15, 0.2) is 12.2 Å². The van der Waals surface area contributed by atoms with E-state index in [-0.39, 0.29) is 11.9 Å². The second-order valence-electron chi connectivity index (χ2n) is 7.26. The Labute approximate surface area is 157 Å². The highest BCUT2D eigenvalue weighted by Gasteiger charge is 2.17. The maximum Gasteiger partial charge on any atom is 0.308 e. The second kappa shape index (κ2) is 19.5. The van der Waals surface area contributed by atoms with Crippen LogP contribution >= 0.6 is 0 Å². The lowest BCUT2D eigenvalue weighted by Crippen LogP contribution is -2.17. The summed E-state index contributed by atoms with van der Waals surface area (Å²) in [6, 6.07) is 0. The molecule has 0 radical (unpaired) electrons. The van der Waals surface area contributed by atoms with Crippen molar-refractivity contribution < 1.29 is 9.53 Å². The van der Waals surface area contributed by atoms with E-state index < -0.39 is 0 Å². The predicted octanol–water partition coefficient (Wildman–Crippen LogP) is 7.61. The van der Waals surface area contributed by atoms with Crippen molar-refractivity contribution in [1.82, 2.24) is 0 Å². The van der Waals surface area contributed by atoms with Crippen LogP contribution in [-0.2, 0) is 9.53 Å². The fraction of sp³-hybridized carbons (Fsp3) is 0.870. The first-order chi connectivity index (χ1) is 12.3. The number of hydrogen-bond acceptors (Lipinski definition) is 2. The molecule has 0 aliphatic rings. The maximum absolute atomic E-state index is 11.9. The number of ether oxygens (including phenoxy) is 1. The van der Waals surface area contributed by atoms with E-state index in [9.17, 15) is 4.79 Å². The molecule has 1 atom stereocenters. The second-order valence-corrected chi connectivity index (χ2v) is 7.26. The van der Waals surface area contributed by atoms with E-state index in [1.807, 2.05) is 6.92 Å². The highest BCUT2D eigenvalue weighted by Crippen LogP contribution is 2.16. The summed E-state index contributed by atoms with van der Waals surface area (Å²) < 4.78 is 5.16. The Bertz CT molecular complexity index is 309. The molecular formula is C23H44O2. The van der Waals surface area contributed by atoms with Crippen molar-refractivity contribution in [3.05, 3.63) is 12.2 Å². The summed E-state index contributed by atoms with van der Waals surface area (Å²) in [5.74, 6) is 0.0828. The van der Waals surface area contributed by atoms with Gasteiger partial charge in [-0.2, -0.15) is 0 Å². The van der Waals surface area contributed by atoms with E-state index in [1.165, 1.54) is 70.6 Å². The van der Waals surface area contributed by atoms with Crippen molar-refractivity contribution in [3.63, 3.8) is 0 Å². The largest absolute Gasteiger partial charge is 0.466 e. The lowest BCUT2D eigenvalue weighted by molar-refractivity contribution is -0.148. The third-order valence-corrected chi connectivity index (χ3v) is 4.83. The van der Waals surface area contributed by atoms with Crippen LogP contribution < -0.4 is 0 Å². The number of carbonyl (C=O) groups excluding carboxylic acids is 1. The first-order valence-electron chi connectivity index (χ1n) is 11.1. The Morgan fingerprint density at radius 1 is 0.720 bits per heavy atom. The summed E-state index contributed by atoms with van der Waals surface area (Å²) in [4.78, 5) is 11.9. The van der Waals surface area contributed by atoms with Gasteiger partial charge in [-0.05, 0) is 39.0 Å². The monoisotopic (exact) mass is 352 g/mol. The maximum atomic E-state index is 11.9. The quantitative estimate of drug-likeness (QED) is 0.144. The predicted molar refractivity (Wildman–Crippen MR) is 110 cm³/mol. The van der Waals surface area contributed by atoms with E-state index in [0.29, 0.717) is 6.61 Å². The van der Waals surface area contributed by atoms with E-state index >= 15 is 0 Å². The molecule has 0 saturated heterocycles. The number of carbonyl (C=O) groups is 1. The van der Waals surface area contributed by atoms with Crippen molar-refractivity contribution >= 4 is 5.97 Å². The molecular weight excluding hydrogens is 308 g/mol. The summed E-state index contributed by atoms with van der Waals surface area (Å²) in [7, 11) is 0. The molecule has 25 heavy (non-hydrogen) atoms. The molecule has 0 aromatic rings. The standard InChI is InChI=1S/C23H44O2/c1-4-7-8-9-10-11-12-13-14-15-16-17-18-19-21-22(20-5-2)23(24)25-6-3/h17-18,22H,4-16,19-21H2,1-3H3. The number of allylic oxidation sites excluding steroid dienone is 2. The SMILES string of the molecule is CCCCCCCCCCCCC=CCCC(CCC)C(=O)OCC. The Morgan fingerprint density at radius 3 is 1.84 bits per heavy atom. The first-order valence-corrected chi connectivity index (χ1v) is 11.1. The van der Waals surface area contributed by atoms with Gasteiger partial charge in [0.05, 0.1) is 12.5 Å². The van der Waals surface area contributed by atoms with Crippen molar-refractivity contribution in [2.45, 2.75) is 117 Å². The van der Waals surface area contributed by atoms with Crippen LogP contribution in [0.5, 0.6) is 0 Å². The third-order valence-electron chi connectivity index (χ3n) is 4.83. The minimum absolute atomic E-state index is 0.00700. The molecule has 1 unspecified atom stereocenters. The minimum Gasteiger partial charge on any atom is -0.466 e. The van der Waals surface area contributed by atoms with Crippen LogP contribution in [0.25, 0.3) is 0 Å². The summed E-state index contributed by atoms with van der Waals surface area (Å²) >= 11 is 0. The first kappa shape index (κ1) is 24.2. The molecule has 2 heteroatoms. The van der Waals surface area contributed by atoms with Crippen molar-refractivity contribution in [3.8, 4) is 0 Å². The molecule has 0 heterocycles. The van der Waals surface area contributed by atoms with Gasteiger partial charge < -0.3 is 4.74 Å². The van der Waals surface area contributed by atoms with Crippen molar-refractivity contribution in [1.29, 1.82) is 0 Å². The molecule has 0 aromatic heterocycles. The van der Waals surface area contributed by atoms with Crippen LogP contribution in [0.3, 0.4) is 0 Å². The van der Waals surface area contributed by atoms with Gasteiger partial charge in [0.1, 0.15) is 0 Å². The molecule has 0 rings (SSSR count). The molecule has 148 valence electrons. The summed E-state index contributed by atoms with van der Waals surface area (Å²) in [5.41, 5.74) is 0. The molecule has 0 aliphatic heterocycles. The third kappa shape index (κ3) is 16.4. The normalized spacial score (nSPS) is 12.6. The zero-order valence-electron chi connectivity index (χ0n) is 17.4. The average Bonchev–Trinajstić information content (AvgIpc) is 2.61. The molecule has 0 spiro atoms. The summed E-state index contributed by atoms with van der Waals surface area (Å²) in [6.45, 7) is 6.78. The van der Waals surface area contributed by atoms with Gasteiger partial charge in [-0.1, -0.05) is 90.2 Å². The molecule has 0 fully saturated rings. The Hall–Kier alpha value is -0.790. The van der Waals surface area contributed by atoms with Crippen LogP contribution in [0.2, 0.25) is 0 Å². The number of unbranched alkanes of at least 4 members (excludes halogenated alkanes) is 10. The van der Waals surface area contributed by atoms with Gasteiger partial charge in [0.15, 0.2) is 0 Å². The van der Waals surface area contributed by atoms with Crippen LogP contribution in [-0.4, -0.2) is 12.6 Å². The van der Waals surface area contributed by atoms with Gasteiger partial charge in [-0.3, -0.25) is 4.79 Å². The van der Waals surface area contributed by atoms with Gasteiger partial charge in [0, 0.05) is 0 Å². The fourth-order valence-electron chi connectivity index (χ4n) is 3.27. The Kier molecular flexibility index (Phi) is 18.9. The highest BCUT2D eigenvalue weighted by molar-refractivity contribution is 5.72. The lowest BCUT2D eigenvalue weighted by Gasteiger charge is -2.13.